The van der Waals surface area contributed by atoms with Crippen LogP contribution in [0.5, 0.6) is 0 Å². The molecule has 0 unspecified atom stereocenters. The minimum Gasteiger partial charge on any atom is -0.383 e. The van der Waals surface area contributed by atoms with Crippen molar-refractivity contribution in [3.05, 3.63) is 29.3 Å². The van der Waals surface area contributed by atoms with Crippen molar-refractivity contribution in [3.8, 4) is 10.7 Å². The van der Waals surface area contributed by atoms with Crippen LogP contribution in [0.15, 0.2) is 23.7 Å². The largest absolute Gasteiger partial charge is 0.383 e. The van der Waals surface area contributed by atoms with Gasteiger partial charge >= 0.3 is 0 Å². The van der Waals surface area contributed by atoms with Crippen LogP contribution in [0.1, 0.15) is 10.4 Å². The summed E-state index contributed by atoms with van der Waals surface area (Å²) in [5.74, 6) is -0.00127. The summed E-state index contributed by atoms with van der Waals surface area (Å²) in [6.07, 6.45) is 1.35. The first kappa shape index (κ1) is 9.60. The van der Waals surface area contributed by atoms with Gasteiger partial charge in [-0.2, -0.15) is 0 Å². The highest BCUT2D eigenvalue weighted by Gasteiger charge is 2.10. The molecule has 5 nitrogen and oxygen atoms in total. The van der Waals surface area contributed by atoms with E-state index in [1.807, 2.05) is 17.5 Å². The summed E-state index contributed by atoms with van der Waals surface area (Å²) in [4.78, 5) is 19.8. The Bertz CT molecular complexity index is 495. The van der Waals surface area contributed by atoms with Gasteiger partial charge in [0.1, 0.15) is 5.82 Å². The number of amides is 1. The minimum atomic E-state index is -0.620. The lowest BCUT2D eigenvalue weighted by Crippen LogP contribution is -2.15. The second-order valence-corrected chi connectivity index (χ2v) is 3.78. The fraction of sp³-hybridized carbons (Fsp3) is 0. The van der Waals surface area contributed by atoms with Crippen molar-refractivity contribution in [1.29, 1.82) is 0 Å². The molecule has 0 fully saturated rings. The third kappa shape index (κ3) is 1.79. The van der Waals surface area contributed by atoms with Gasteiger partial charge in [0.05, 0.1) is 10.4 Å². The second-order valence-electron chi connectivity index (χ2n) is 2.83. The fourth-order valence-electron chi connectivity index (χ4n) is 1.11. The molecule has 0 saturated heterocycles. The molecule has 4 N–H and O–H groups in total. The Balaban J connectivity index is 2.47. The highest BCUT2D eigenvalue weighted by molar-refractivity contribution is 7.13. The van der Waals surface area contributed by atoms with Crippen LogP contribution < -0.4 is 11.5 Å². The molecular weight excluding hydrogens is 212 g/mol. The molecule has 2 heterocycles. The normalized spacial score (nSPS) is 10.1. The first-order valence-corrected chi connectivity index (χ1v) is 5.02. The Morgan fingerprint density at radius 1 is 1.47 bits per heavy atom. The van der Waals surface area contributed by atoms with Crippen LogP contribution in [0.4, 0.5) is 5.82 Å². The predicted molar refractivity (Wildman–Crippen MR) is 58.3 cm³/mol. The van der Waals surface area contributed by atoms with Gasteiger partial charge in [0, 0.05) is 6.20 Å². The van der Waals surface area contributed by atoms with Gasteiger partial charge in [-0.1, -0.05) is 6.07 Å². The van der Waals surface area contributed by atoms with Crippen LogP contribution in [0.3, 0.4) is 0 Å². The Morgan fingerprint density at radius 2 is 2.27 bits per heavy atom. The van der Waals surface area contributed by atoms with Gasteiger partial charge in [0.2, 0.25) is 0 Å². The van der Waals surface area contributed by atoms with Gasteiger partial charge in [-0.05, 0) is 11.4 Å². The number of hydrogen-bond donors (Lipinski definition) is 2. The van der Waals surface area contributed by atoms with E-state index in [1.54, 1.807) is 0 Å². The summed E-state index contributed by atoms with van der Waals surface area (Å²) in [5.41, 5.74) is 10.8. The summed E-state index contributed by atoms with van der Waals surface area (Å²) in [5, 5.41) is 1.91. The fourth-order valence-corrected chi connectivity index (χ4v) is 1.77. The molecule has 0 aliphatic heterocycles. The molecule has 0 saturated carbocycles. The maximum Gasteiger partial charge on any atom is 0.254 e. The third-order valence-corrected chi connectivity index (χ3v) is 2.69. The standard InChI is InChI=1S/C9H8N4OS/c10-7-5(8(11)14)4-12-9(13-7)6-2-1-3-15-6/h1-4H,(H2,11,14)(H2,10,12,13). The summed E-state index contributed by atoms with van der Waals surface area (Å²) < 4.78 is 0. The Morgan fingerprint density at radius 3 is 2.80 bits per heavy atom. The van der Waals surface area contributed by atoms with Crippen LogP contribution in [0.2, 0.25) is 0 Å². The first-order chi connectivity index (χ1) is 7.18. The lowest BCUT2D eigenvalue weighted by atomic mass is 10.3. The minimum absolute atomic E-state index is 0.112. The van der Waals surface area contributed by atoms with E-state index in [4.69, 9.17) is 11.5 Å². The van der Waals surface area contributed by atoms with E-state index in [0.29, 0.717) is 5.82 Å². The highest BCUT2D eigenvalue weighted by atomic mass is 32.1. The number of primary amides is 1. The first-order valence-electron chi connectivity index (χ1n) is 4.14. The van der Waals surface area contributed by atoms with E-state index in [0.717, 1.165) is 4.88 Å². The summed E-state index contributed by atoms with van der Waals surface area (Å²) in [6, 6.07) is 3.77. The molecule has 2 rings (SSSR count). The molecule has 15 heavy (non-hydrogen) atoms. The van der Waals surface area contributed by atoms with Gasteiger partial charge in [0.15, 0.2) is 5.82 Å². The van der Waals surface area contributed by atoms with Crippen LogP contribution in [-0.4, -0.2) is 15.9 Å². The number of aromatic nitrogens is 2. The molecule has 0 aromatic carbocycles. The van der Waals surface area contributed by atoms with Crippen molar-refractivity contribution in [1.82, 2.24) is 9.97 Å². The van der Waals surface area contributed by atoms with Crippen LogP contribution in [0, 0.1) is 0 Å². The molecule has 76 valence electrons. The average Bonchev–Trinajstić information content (AvgIpc) is 2.69. The number of rotatable bonds is 2. The third-order valence-electron chi connectivity index (χ3n) is 1.83. The quantitative estimate of drug-likeness (QED) is 0.785. The van der Waals surface area contributed by atoms with Gasteiger partial charge in [-0.15, -0.1) is 11.3 Å². The van der Waals surface area contributed by atoms with Gasteiger partial charge < -0.3 is 11.5 Å². The number of anilines is 1. The lowest BCUT2D eigenvalue weighted by Gasteiger charge is -2.01. The number of nitrogens with zero attached hydrogens (tertiary/aromatic N) is 2. The van der Waals surface area contributed by atoms with Crippen LogP contribution in [-0.2, 0) is 0 Å². The molecule has 0 bridgehead atoms. The highest BCUT2D eigenvalue weighted by Crippen LogP contribution is 2.22. The van der Waals surface area contributed by atoms with Crippen molar-refractivity contribution in [2.24, 2.45) is 5.73 Å². The van der Waals surface area contributed by atoms with Gasteiger partial charge in [0.25, 0.3) is 5.91 Å². The van der Waals surface area contributed by atoms with E-state index in [2.05, 4.69) is 9.97 Å². The maximum atomic E-state index is 10.9. The molecule has 0 spiro atoms. The number of thiophene rings is 1. The molecule has 0 aliphatic carbocycles. The average molecular weight is 220 g/mol. The molecule has 0 aliphatic rings. The molecular formula is C9H8N4OS. The van der Waals surface area contributed by atoms with E-state index in [1.165, 1.54) is 17.5 Å². The topological polar surface area (TPSA) is 94.9 Å². The Hall–Kier alpha value is -1.95. The molecule has 0 radical (unpaired) electrons. The zero-order valence-electron chi connectivity index (χ0n) is 7.68. The monoisotopic (exact) mass is 220 g/mol. The Labute approximate surface area is 89.8 Å². The van der Waals surface area contributed by atoms with Crippen molar-refractivity contribution >= 4 is 23.1 Å². The molecule has 0 atom stereocenters. The zero-order chi connectivity index (χ0) is 10.8. The Kier molecular flexibility index (Phi) is 2.34. The SMILES string of the molecule is NC(=O)c1cnc(-c2cccs2)nc1N. The van der Waals surface area contributed by atoms with Crippen molar-refractivity contribution in [3.63, 3.8) is 0 Å². The summed E-state index contributed by atoms with van der Waals surface area (Å²) in [7, 11) is 0. The number of nitrogens with two attached hydrogens (primary N) is 2. The van der Waals surface area contributed by atoms with Crippen LogP contribution in [0.25, 0.3) is 10.7 Å². The molecule has 2 aromatic rings. The summed E-state index contributed by atoms with van der Waals surface area (Å²) >= 11 is 1.50. The number of nitrogen functional groups attached to an aromatic ring is 1. The van der Waals surface area contributed by atoms with Crippen molar-refractivity contribution in [2.75, 3.05) is 5.73 Å². The maximum absolute atomic E-state index is 10.9. The van der Waals surface area contributed by atoms with E-state index < -0.39 is 5.91 Å². The van der Waals surface area contributed by atoms with Crippen LogP contribution >= 0.6 is 11.3 Å². The van der Waals surface area contributed by atoms with Gasteiger partial charge in [-0.3, -0.25) is 4.79 Å². The zero-order valence-corrected chi connectivity index (χ0v) is 8.49. The lowest BCUT2D eigenvalue weighted by molar-refractivity contribution is 0.100. The number of carbonyl (C=O) groups excluding carboxylic acids is 1. The van der Waals surface area contributed by atoms with E-state index in [9.17, 15) is 4.79 Å². The van der Waals surface area contributed by atoms with Crippen molar-refractivity contribution < 1.29 is 4.79 Å². The van der Waals surface area contributed by atoms with E-state index in [-0.39, 0.29) is 11.4 Å². The smallest absolute Gasteiger partial charge is 0.254 e. The number of carbonyl (C=O) groups is 1. The number of hydrogen-bond acceptors (Lipinski definition) is 5. The second kappa shape index (κ2) is 3.66. The van der Waals surface area contributed by atoms with E-state index >= 15 is 0 Å². The molecule has 2 aromatic heterocycles. The molecule has 6 heteroatoms. The van der Waals surface area contributed by atoms with Crippen molar-refractivity contribution in [2.45, 2.75) is 0 Å². The predicted octanol–water partition coefficient (Wildman–Crippen LogP) is 0.886. The summed E-state index contributed by atoms with van der Waals surface area (Å²) in [6.45, 7) is 0. The van der Waals surface area contributed by atoms with Gasteiger partial charge in [-0.25, -0.2) is 9.97 Å². The molecule has 1 amide bonds.